The quantitative estimate of drug-likeness (QED) is 0.259. The highest BCUT2D eigenvalue weighted by molar-refractivity contribution is 6.02. The van der Waals surface area contributed by atoms with Crippen LogP contribution >= 0.6 is 0 Å². The van der Waals surface area contributed by atoms with Gasteiger partial charge in [-0.1, -0.05) is 30.3 Å². The molecule has 9 heteroatoms. The second-order valence-corrected chi connectivity index (χ2v) is 8.93. The minimum atomic E-state index is -1.35. The number of hydrogen-bond acceptors (Lipinski definition) is 7. The van der Waals surface area contributed by atoms with Gasteiger partial charge in [0.2, 0.25) is 11.7 Å². The molecule has 0 radical (unpaired) electrons. The van der Waals surface area contributed by atoms with Crippen molar-refractivity contribution in [3.8, 4) is 17.2 Å². The third-order valence-corrected chi connectivity index (χ3v) is 6.15. The minimum Gasteiger partial charge on any atom is -0.493 e. The summed E-state index contributed by atoms with van der Waals surface area (Å²) in [6.07, 6.45) is 2.79. The third kappa shape index (κ3) is 8.07. The number of nitrogens with two attached hydrogens (primary N) is 1. The topological polar surface area (TPSA) is 132 Å². The zero-order chi connectivity index (χ0) is 28.4. The highest BCUT2D eigenvalue weighted by Crippen LogP contribution is 2.38. The zero-order valence-electron chi connectivity index (χ0n) is 22.6. The average Bonchev–Trinajstić information content (AvgIpc) is 2.95. The molecule has 0 bridgehead atoms. The largest absolute Gasteiger partial charge is 0.493 e. The molecular formula is C30H35N3O6. The molecule has 3 rings (SSSR count). The molecule has 0 saturated heterocycles. The zero-order valence-corrected chi connectivity index (χ0v) is 22.6. The predicted octanol–water partition coefficient (Wildman–Crippen LogP) is 3.93. The Morgan fingerprint density at radius 1 is 0.949 bits per heavy atom. The van der Waals surface area contributed by atoms with Crippen molar-refractivity contribution in [1.29, 1.82) is 0 Å². The van der Waals surface area contributed by atoms with E-state index in [4.69, 9.17) is 19.9 Å². The predicted molar refractivity (Wildman–Crippen MR) is 152 cm³/mol. The number of benzene rings is 3. The number of aliphatic hydroxyl groups is 1. The van der Waals surface area contributed by atoms with E-state index in [0.29, 0.717) is 52.6 Å². The normalized spacial score (nSPS) is 12.5. The van der Waals surface area contributed by atoms with Crippen LogP contribution in [-0.2, 0) is 16.0 Å². The van der Waals surface area contributed by atoms with E-state index in [1.165, 1.54) is 27.4 Å². The van der Waals surface area contributed by atoms with Crippen molar-refractivity contribution in [1.82, 2.24) is 0 Å². The molecule has 0 aliphatic rings. The van der Waals surface area contributed by atoms with E-state index in [1.807, 2.05) is 30.3 Å². The first-order valence-electron chi connectivity index (χ1n) is 12.4. The molecule has 0 heterocycles. The Morgan fingerprint density at radius 3 is 2.21 bits per heavy atom. The lowest BCUT2D eigenvalue weighted by atomic mass is 10.0. The Hall–Kier alpha value is -4.34. The summed E-state index contributed by atoms with van der Waals surface area (Å²) in [6, 6.07) is 17.6. The number of amides is 2. The molecule has 3 aromatic carbocycles. The summed E-state index contributed by atoms with van der Waals surface area (Å²) in [5.41, 5.74) is 9.62. The molecule has 5 N–H and O–H groups in total. The molecule has 2 atom stereocenters. The van der Waals surface area contributed by atoms with Crippen molar-refractivity contribution in [2.75, 3.05) is 32.0 Å². The highest BCUT2D eigenvalue weighted by Gasteiger charge is 2.23. The molecular weight excluding hydrogens is 498 g/mol. The van der Waals surface area contributed by atoms with E-state index in [2.05, 4.69) is 10.6 Å². The van der Waals surface area contributed by atoms with Crippen LogP contribution in [0.5, 0.6) is 17.2 Å². The SMILES string of the molecule is COc1cc(C=CC(=O)Nc2ccc(NC(=O)C(O)C(N)CCc3ccccc3)c(C)c2)cc(OC)c1OC. The van der Waals surface area contributed by atoms with E-state index < -0.39 is 18.1 Å². The van der Waals surface area contributed by atoms with E-state index in [9.17, 15) is 14.7 Å². The maximum Gasteiger partial charge on any atom is 0.254 e. The molecule has 206 valence electrons. The molecule has 0 aromatic heterocycles. The van der Waals surface area contributed by atoms with E-state index >= 15 is 0 Å². The molecule has 9 nitrogen and oxygen atoms in total. The number of carbonyl (C=O) groups is 2. The second kappa shape index (κ2) is 14.0. The maximum atomic E-state index is 12.6. The van der Waals surface area contributed by atoms with Crippen molar-refractivity contribution >= 4 is 29.3 Å². The van der Waals surface area contributed by atoms with Crippen LogP contribution in [0.1, 0.15) is 23.1 Å². The number of nitrogens with one attached hydrogen (secondary N) is 2. The van der Waals surface area contributed by atoms with Gasteiger partial charge in [0.05, 0.1) is 21.3 Å². The standard InChI is InChI=1S/C30H35N3O6/c1-19-16-22(32-27(34)15-11-21-17-25(37-2)29(39-4)26(18-21)38-3)12-14-24(19)33-30(36)28(35)23(31)13-10-20-8-6-5-7-9-20/h5-9,11-12,14-18,23,28,35H,10,13,31H2,1-4H3,(H,32,34)(H,33,36). The van der Waals surface area contributed by atoms with Crippen LogP contribution in [0.3, 0.4) is 0 Å². The van der Waals surface area contributed by atoms with E-state index in [-0.39, 0.29) is 5.91 Å². The van der Waals surface area contributed by atoms with Crippen molar-refractivity contribution in [3.63, 3.8) is 0 Å². The van der Waals surface area contributed by atoms with E-state index in [1.54, 1.807) is 43.3 Å². The summed E-state index contributed by atoms with van der Waals surface area (Å²) in [5.74, 6) is 0.495. The van der Waals surface area contributed by atoms with Crippen LogP contribution in [0.15, 0.2) is 66.7 Å². The van der Waals surface area contributed by atoms with Gasteiger partial charge in [-0.05, 0) is 72.9 Å². The monoisotopic (exact) mass is 533 g/mol. The molecule has 0 spiro atoms. The molecule has 2 amide bonds. The van der Waals surface area contributed by atoms with Crippen molar-refractivity contribution < 1.29 is 28.9 Å². The van der Waals surface area contributed by atoms with Crippen molar-refractivity contribution in [3.05, 3.63) is 83.4 Å². The fourth-order valence-electron chi connectivity index (χ4n) is 3.97. The van der Waals surface area contributed by atoms with Gasteiger partial charge in [-0.15, -0.1) is 0 Å². The lowest BCUT2D eigenvalue weighted by Gasteiger charge is -2.19. The number of carbonyl (C=O) groups excluding carboxylic acids is 2. The van der Waals surface area contributed by atoms with Crippen LogP contribution in [-0.4, -0.2) is 50.4 Å². The lowest BCUT2D eigenvalue weighted by molar-refractivity contribution is -0.125. The molecule has 2 unspecified atom stereocenters. The molecule has 3 aromatic rings. The number of hydrogen-bond donors (Lipinski definition) is 4. The summed E-state index contributed by atoms with van der Waals surface area (Å²) >= 11 is 0. The summed E-state index contributed by atoms with van der Waals surface area (Å²) < 4.78 is 16.0. The van der Waals surface area contributed by atoms with Crippen LogP contribution in [0.2, 0.25) is 0 Å². The van der Waals surface area contributed by atoms with Gasteiger partial charge in [0.1, 0.15) is 6.10 Å². The van der Waals surface area contributed by atoms with Gasteiger partial charge in [0, 0.05) is 23.5 Å². The minimum absolute atomic E-state index is 0.347. The number of aliphatic hydroxyl groups excluding tert-OH is 1. The van der Waals surface area contributed by atoms with Gasteiger partial charge in [-0.3, -0.25) is 9.59 Å². The van der Waals surface area contributed by atoms with Gasteiger partial charge in [-0.2, -0.15) is 0 Å². The summed E-state index contributed by atoms with van der Waals surface area (Å²) in [6.45, 7) is 1.79. The fraction of sp³-hybridized carbons (Fsp3) is 0.267. The Labute approximate surface area is 228 Å². The number of ether oxygens (including phenoxy) is 3. The van der Waals surface area contributed by atoms with Gasteiger partial charge < -0.3 is 35.7 Å². The summed E-state index contributed by atoms with van der Waals surface area (Å²) in [4.78, 5) is 25.1. The number of anilines is 2. The molecule has 39 heavy (non-hydrogen) atoms. The third-order valence-electron chi connectivity index (χ3n) is 6.15. The average molecular weight is 534 g/mol. The lowest BCUT2D eigenvalue weighted by Crippen LogP contribution is -2.43. The van der Waals surface area contributed by atoms with Crippen LogP contribution in [0, 0.1) is 6.92 Å². The van der Waals surface area contributed by atoms with Crippen LogP contribution < -0.4 is 30.6 Å². The Bertz CT molecular complexity index is 1280. The van der Waals surface area contributed by atoms with E-state index in [0.717, 1.165) is 5.56 Å². The van der Waals surface area contributed by atoms with Crippen LogP contribution in [0.25, 0.3) is 6.08 Å². The van der Waals surface area contributed by atoms with Gasteiger partial charge in [0.25, 0.3) is 5.91 Å². The molecule has 0 saturated carbocycles. The first kappa shape index (κ1) is 29.2. The molecule has 0 fully saturated rings. The first-order chi connectivity index (χ1) is 18.7. The van der Waals surface area contributed by atoms with Crippen molar-refractivity contribution in [2.45, 2.75) is 31.9 Å². The number of aryl methyl sites for hydroxylation is 2. The number of methoxy groups -OCH3 is 3. The Balaban J connectivity index is 1.58. The second-order valence-electron chi connectivity index (χ2n) is 8.93. The van der Waals surface area contributed by atoms with Gasteiger partial charge in [0.15, 0.2) is 11.5 Å². The highest BCUT2D eigenvalue weighted by atomic mass is 16.5. The molecule has 0 aliphatic heterocycles. The number of rotatable bonds is 12. The van der Waals surface area contributed by atoms with Gasteiger partial charge in [-0.25, -0.2) is 0 Å². The smallest absolute Gasteiger partial charge is 0.254 e. The maximum absolute atomic E-state index is 12.6. The molecule has 0 aliphatic carbocycles. The summed E-state index contributed by atoms with van der Waals surface area (Å²) in [7, 11) is 4.56. The first-order valence-corrected chi connectivity index (χ1v) is 12.4. The summed E-state index contributed by atoms with van der Waals surface area (Å²) in [5, 5.41) is 15.9. The van der Waals surface area contributed by atoms with Crippen LogP contribution in [0.4, 0.5) is 11.4 Å². The fourth-order valence-corrected chi connectivity index (χ4v) is 3.97. The van der Waals surface area contributed by atoms with Crippen molar-refractivity contribution in [2.24, 2.45) is 5.73 Å². The Morgan fingerprint density at radius 2 is 1.62 bits per heavy atom. The Kier molecular flexibility index (Phi) is 10.5. The van der Waals surface area contributed by atoms with Gasteiger partial charge >= 0.3 is 0 Å².